The Kier molecular flexibility index (Phi) is 4.44. The van der Waals surface area contributed by atoms with E-state index in [2.05, 4.69) is 20.4 Å². The predicted octanol–water partition coefficient (Wildman–Crippen LogP) is 2.10. The molecule has 1 N–H and O–H groups in total. The number of piperazine rings is 1. The first-order valence-corrected chi connectivity index (χ1v) is 7.85. The molecule has 130 valence electrons. The lowest BCUT2D eigenvalue weighted by Gasteiger charge is -2.28. The van der Waals surface area contributed by atoms with Gasteiger partial charge in [-0.3, -0.25) is 4.68 Å². The van der Waals surface area contributed by atoms with Crippen molar-refractivity contribution in [2.75, 3.05) is 31.1 Å². The Morgan fingerprint density at radius 3 is 2.50 bits per heavy atom. The van der Waals surface area contributed by atoms with Crippen molar-refractivity contribution in [1.82, 2.24) is 25.1 Å². The zero-order valence-electron chi connectivity index (χ0n) is 13.6. The Balaban J connectivity index is 2.08. The van der Waals surface area contributed by atoms with Gasteiger partial charge in [-0.25, -0.2) is 9.97 Å². The van der Waals surface area contributed by atoms with Gasteiger partial charge in [-0.05, 0) is 19.9 Å². The molecule has 3 heterocycles. The molecule has 1 aliphatic rings. The lowest BCUT2D eigenvalue weighted by atomic mass is 10.1. The monoisotopic (exact) mass is 340 g/mol. The van der Waals surface area contributed by atoms with Crippen LogP contribution in [0, 0.1) is 6.92 Å². The molecule has 0 amide bonds. The van der Waals surface area contributed by atoms with Gasteiger partial charge in [-0.1, -0.05) is 0 Å². The number of aryl methyl sites for hydroxylation is 2. The molecule has 0 saturated carbocycles. The van der Waals surface area contributed by atoms with Gasteiger partial charge in [0.1, 0.15) is 0 Å². The van der Waals surface area contributed by atoms with Crippen LogP contribution in [-0.4, -0.2) is 45.9 Å². The summed E-state index contributed by atoms with van der Waals surface area (Å²) in [5.74, 6) is 0.116. The highest BCUT2D eigenvalue weighted by atomic mass is 19.4. The molecule has 0 atom stereocenters. The maximum atomic E-state index is 13.3. The van der Waals surface area contributed by atoms with E-state index in [1.54, 1.807) is 22.7 Å². The van der Waals surface area contributed by atoms with Gasteiger partial charge in [-0.2, -0.15) is 18.3 Å². The maximum Gasteiger partial charge on any atom is 0.433 e. The molecular formula is C15H19F3N6. The molecule has 0 radical (unpaired) electrons. The third-order valence-electron chi connectivity index (χ3n) is 3.95. The molecule has 9 heteroatoms. The second kappa shape index (κ2) is 6.39. The summed E-state index contributed by atoms with van der Waals surface area (Å²) in [7, 11) is 0. The fourth-order valence-electron chi connectivity index (χ4n) is 2.66. The molecule has 1 fully saturated rings. The van der Waals surface area contributed by atoms with E-state index in [-0.39, 0.29) is 11.6 Å². The number of rotatable bonds is 3. The van der Waals surface area contributed by atoms with Crippen LogP contribution in [-0.2, 0) is 12.7 Å². The van der Waals surface area contributed by atoms with Crippen LogP contribution < -0.4 is 10.2 Å². The van der Waals surface area contributed by atoms with E-state index in [0.29, 0.717) is 44.0 Å². The van der Waals surface area contributed by atoms with E-state index in [1.165, 1.54) is 0 Å². The number of hydrogen-bond donors (Lipinski definition) is 1. The molecule has 6 nitrogen and oxygen atoms in total. The van der Waals surface area contributed by atoms with Crippen LogP contribution in [0.5, 0.6) is 0 Å². The minimum atomic E-state index is -4.52. The molecule has 24 heavy (non-hydrogen) atoms. The molecule has 0 unspecified atom stereocenters. The molecular weight excluding hydrogens is 321 g/mol. The average Bonchev–Trinajstić information content (AvgIpc) is 2.95. The van der Waals surface area contributed by atoms with Crippen molar-refractivity contribution in [2.24, 2.45) is 0 Å². The second-order valence-corrected chi connectivity index (χ2v) is 5.66. The highest BCUT2D eigenvalue weighted by molar-refractivity contribution is 5.63. The van der Waals surface area contributed by atoms with Gasteiger partial charge in [-0.15, -0.1) is 0 Å². The van der Waals surface area contributed by atoms with E-state index < -0.39 is 11.9 Å². The normalized spacial score (nSPS) is 15.8. The maximum absolute atomic E-state index is 13.3. The summed E-state index contributed by atoms with van der Waals surface area (Å²) >= 11 is 0. The average molecular weight is 340 g/mol. The van der Waals surface area contributed by atoms with Crippen LogP contribution in [0.2, 0.25) is 0 Å². The molecule has 2 aromatic rings. The minimum Gasteiger partial charge on any atom is -0.338 e. The van der Waals surface area contributed by atoms with E-state index in [0.717, 1.165) is 6.07 Å². The summed E-state index contributed by atoms with van der Waals surface area (Å²) in [6.07, 6.45) is -2.80. The molecule has 2 aromatic heterocycles. The highest BCUT2D eigenvalue weighted by Crippen LogP contribution is 2.32. The van der Waals surface area contributed by atoms with Crippen molar-refractivity contribution in [1.29, 1.82) is 0 Å². The van der Waals surface area contributed by atoms with Gasteiger partial charge in [0.25, 0.3) is 0 Å². The van der Waals surface area contributed by atoms with Crippen LogP contribution in [0.15, 0.2) is 12.3 Å². The Hall–Kier alpha value is -2.16. The minimum absolute atomic E-state index is 0.116. The first kappa shape index (κ1) is 16.7. The number of aromatic nitrogens is 4. The first-order valence-electron chi connectivity index (χ1n) is 7.85. The summed E-state index contributed by atoms with van der Waals surface area (Å²) in [6.45, 7) is 6.87. The fourth-order valence-corrected chi connectivity index (χ4v) is 2.66. The van der Waals surface area contributed by atoms with Crippen molar-refractivity contribution in [3.63, 3.8) is 0 Å². The first-order chi connectivity index (χ1) is 11.4. The van der Waals surface area contributed by atoms with Crippen molar-refractivity contribution >= 4 is 5.95 Å². The fraction of sp³-hybridized carbons (Fsp3) is 0.533. The molecule has 0 aromatic carbocycles. The van der Waals surface area contributed by atoms with E-state index >= 15 is 0 Å². The van der Waals surface area contributed by atoms with Gasteiger partial charge >= 0.3 is 6.18 Å². The summed E-state index contributed by atoms with van der Waals surface area (Å²) in [5.41, 5.74) is 0.573. The van der Waals surface area contributed by atoms with Crippen LogP contribution in [0.25, 0.3) is 11.3 Å². The van der Waals surface area contributed by atoms with Crippen LogP contribution in [0.4, 0.5) is 19.1 Å². The van der Waals surface area contributed by atoms with Crippen LogP contribution in [0.3, 0.4) is 0 Å². The summed E-state index contributed by atoms with van der Waals surface area (Å²) in [6, 6.07) is 0.996. The quantitative estimate of drug-likeness (QED) is 0.927. The van der Waals surface area contributed by atoms with E-state index in [1.807, 2.05) is 6.92 Å². The predicted molar refractivity (Wildman–Crippen MR) is 83.7 cm³/mol. The van der Waals surface area contributed by atoms with Gasteiger partial charge in [0.05, 0.1) is 11.4 Å². The number of alkyl halides is 3. The zero-order chi connectivity index (χ0) is 17.3. The lowest BCUT2D eigenvalue weighted by Crippen LogP contribution is -2.44. The SMILES string of the molecule is CCn1cc(-c2cc(C(F)(F)F)nc(N3CCNCC3)n2)c(C)n1. The largest absolute Gasteiger partial charge is 0.433 e. The van der Waals surface area contributed by atoms with Crippen molar-refractivity contribution in [3.05, 3.63) is 23.7 Å². The summed E-state index contributed by atoms with van der Waals surface area (Å²) in [5, 5.41) is 7.45. The third kappa shape index (κ3) is 3.35. The molecule has 3 rings (SSSR count). The van der Waals surface area contributed by atoms with Crippen molar-refractivity contribution in [3.8, 4) is 11.3 Å². The zero-order valence-corrected chi connectivity index (χ0v) is 13.6. The number of nitrogens with zero attached hydrogens (tertiary/aromatic N) is 5. The number of anilines is 1. The van der Waals surface area contributed by atoms with Gasteiger partial charge in [0.2, 0.25) is 5.95 Å². The van der Waals surface area contributed by atoms with Gasteiger partial charge in [0.15, 0.2) is 5.69 Å². The van der Waals surface area contributed by atoms with Gasteiger partial charge < -0.3 is 10.2 Å². The standard InChI is InChI=1S/C15H19F3N6/c1-3-24-9-11(10(2)22-24)12-8-13(15(16,17)18)21-14(20-12)23-6-4-19-5-7-23/h8-9,19H,3-7H2,1-2H3. The van der Waals surface area contributed by atoms with E-state index in [4.69, 9.17) is 0 Å². The third-order valence-corrected chi connectivity index (χ3v) is 3.95. The Morgan fingerprint density at radius 2 is 1.92 bits per heavy atom. The summed E-state index contributed by atoms with van der Waals surface area (Å²) in [4.78, 5) is 9.90. The molecule has 0 spiro atoms. The molecule has 0 aliphatic carbocycles. The van der Waals surface area contributed by atoms with E-state index in [9.17, 15) is 13.2 Å². The number of nitrogens with one attached hydrogen (secondary N) is 1. The van der Waals surface area contributed by atoms with Gasteiger partial charge in [0, 0.05) is 44.5 Å². The Bertz CT molecular complexity index is 718. The lowest BCUT2D eigenvalue weighted by molar-refractivity contribution is -0.141. The highest BCUT2D eigenvalue weighted by Gasteiger charge is 2.34. The Labute approximate surface area is 137 Å². The molecule has 1 saturated heterocycles. The summed E-state index contributed by atoms with van der Waals surface area (Å²) < 4.78 is 41.5. The van der Waals surface area contributed by atoms with Crippen LogP contribution >= 0.6 is 0 Å². The molecule has 1 aliphatic heterocycles. The topological polar surface area (TPSA) is 58.9 Å². The molecule has 0 bridgehead atoms. The smallest absolute Gasteiger partial charge is 0.338 e. The van der Waals surface area contributed by atoms with Crippen LogP contribution in [0.1, 0.15) is 18.3 Å². The van der Waals surface area contributed by atoms with Crippen molar-refractivity contribution < 1.29 is 13.2 Å². The second-order valence-electron chi connectivity index (χ2n) is 5.66. The Morgan fingerprint density at radius 1 is 1.21 bits per heavy atom. The van der Waals surface area contributed by atoms with Crippen molar-refractivity contribution in [2.45, 2.75) is 26.6 Å². The number of hydrogen-bond acceptors (Lipinski definition) is 5. The number of halogens is 3.